The molecule has 2 amide bonds. The number of rotatable bonds is 5. The van der Waals surface area contributed by atoms with Crippen LogP contribution in [0.3, 0.4) is 0 Å². The van der Waals surface area contributed by atoms with Crippen molar-refractivity contribution in [3.63, 3.8) is 0 Å². The smallest absolute Gasteiger partial charge is 0.233 e. The summed E-state index contributed by atoms with van der Waals surface area (Å²) in [5.41, 5.74) is 2.87. The average Bonchev–Trinajstić information content (AvgIpc) is 3.57. The highest BCUT2D eigenvalue weighted by molar-refractivity contribution is 5.94. The van der Waals surface area contributed by atoms with E-state index in [4.69, 9.17) is 0 Å². The minimum Gasteiger partial charge on any atom is -0.378 e. The number of anilines is 2. The van der Waals surface area contributed by atoms with Crippen molar-refractivity contribution in [1.82, 2.24) is 9.88 Å². The molecule has 0 bridgehead atoms. The molecule has 1 saturated carbocycles. The molecule has 2 fully saturated rings. The lowest BCUT2D eigenvalue weighted by Crippen LogP contribution is -2.47. The summed E-state index contributed by atoms with van der Waals surface area (Å²) in [5.74, 6) is 0.488. The van der Waals surface area contributed by atoms with E-state index < -0.39 is 5.41 Å². The third kappa shape index (κ3) is 4.04. The van der Waals surface area contributed by atoms with Crippen LogP contribution in [0.2, 0.25) is 0 Å². The van der Waals surface area contributed by atoms with Crippen molar-refractivity contribution in [3.05, 3.63) is 53.7 Å². The number of piperidine rings is 1. The highest BCUT2D eigenvalue weighted by atomic mass is 16.2. The Morgan fingerprint density at radius 2 is 1.87 bits per heavy atom. The first-order valence-electron chi connectivity index (χ1n) is 10.7. The molecule has 6 nitrogen and oxygen atoms in total. The van der Waals surface area contributed by atoms with Crippen molar-refractivity contribution in [2.24, 2.45) is 5.92 Å². The summed E-state index contributed by atoms with van der Waals surface area (Å²) >= 11 is 0. The standard InChI is InChI=1S/C24H30N4O2/c1-17-6-11-21(25-15-17)26-22(29)18-5-4-14-28(16-18)23(30)24(12-13-24)19-7-9-20(10-8-19)27(2)3/h6-11,15,18H,4-5,12-14,16H2,1-3H3,(H,25,26,29). The second-order valence-electron chi connectivity index (χ2n) is 8.82. The first kappa shape index (κ1) is 20.4. The van der Waals surface area contributed by atoms with Gasteiger partial charge >= 0.3 is 0 Å². The molecule has 1 aliphatic carbocycles. The number of hydrogen-bond acceptors (Lipinski definition) is 4. The molecule has 1 atom stereocenters. The third-order valence-corrected chi connectivity index (χ3v) is 6.34. The Hall–Kier alpha value is -2.89. The number of likely N-dealkylation sites (tertiary alicyclic amines) is 1. The maximum absolute atomic E-state index is 13.4. The third-order valence-electron chi connectivity index (χ3n) is 6.34. The van der Waals surface area contributed by atoms with Gasteiger partial charge in [-0.2, -0.15) is 0 Å². The van der Waals surface area contributed by atoms with E-state index in [-0.39, 0.29) is 17.7 Å². The van der Waals surface area contributed by atoms with Gasteiger partial charge in [0.05, 0.1) is 11.3 Å². The van der Waals surface area contributed by atoms with Crippen molar-refractivity contribution in [3.8, 4) is 0 Å². The van der Waals surface area contributed by atoms with E-state index in [0.29, 0.717) is 12.4 Å². The molecule has 2 aliphatic rings. The number of nitrogens with one attached hydrogen (secondary N) is 1. The molecule has 0 radical (unpaired) electrons. The molecule has 2 heterocycles. The van der Waals surface area contributed by atoms with Crippen molar-refractivity contribution < 1.29 is 9.59 Å². The minimum atomic E-state index is -0.401. The summed E-state index contributed by atoms with van der Waals surface area (Å²) < 4.78 is 0. The zero-order chi connectivity index (χ0) is 21.3. The molecule has 2 aromatic rings. The molecule has 1 aliphatic heterocycles. The van der Waals surface area contributed by atoms with Gasteiger partial charge in [-0.1, -0.05) is 18.2 Å². The predicted molar refractivity (Wildman–Crippen MR) is 119 cm³/mol. The van der Waals surface area contributed by atoms with Gasteiger partial charge in [-0.25, -0.2) is 4.98 Å². The Labute approximate surface area is 178 Å². The summed E-state index contributed by atoms with van der Waals surface area (Å²) in [5, 5.41) is 2.91. The van der Waals surface area contributed by atoms with Crippen LogP contribution in [0.4, 0.5) is 11.5 Å². The van der Waals surface area contributed by atoms with Gasteiger partial charge in [-0.3, -0.25) is 9.59 Å². The Morgan fingerprint density at radius 1 is 1.13 bits per heavy atom. The number of aromatic nitrogens is 1. The second-order valence-corrected chi connectivity index (χ2v) is 8.82. The minimum absolute atomic E-state index is 0.0518. The number of hydrogen-bond donors (Lipinski definition) is 1. The van der Waals surface area contributed by atoms with Crippen LogP contribution in [0.25, 0.3) is 0 Å². The van der Waals surface area contributed by atoms with E-state index in [1.807, 2.05) is 38.1 Å². The Morgan fingerprint density at radius 3 is 2.47 bits per heavy atom. The fourth-order valence-corrected chi connectivity index (χ4v) is 4.28. The van der Waals surface area contributed by atoms with Gasteiger partial charge in [-0.05, 0) is 61.9 Å². The molecule has 158 valence electrons. The first-order chi connectivity index (χ1) is 14.4. The molecule has 1 saturated heterocycles. The number of carbonyl (C=O) groups is 2. The van der Waals surface area contributed by atoms with Gasteiger partial charge in [-0.15, -0.1) is 0 Å². The van der Waals surface area contributed by atoms with Crippen LogP contribution < -0.4 is 10.2 Å². The number of carbonyl (C=O) groups excluding carboxylic acids is 2. The van der Waals surface area contributed by atoms with Gasteiger partial charge < -0.3 is 15.1 Å². The highest BCUT2D eigenvalue weighted by Gasteiger charge is 2.53. The number of amides is 2. The van der Waals surface area contributed by atoms with Gasteiger partial charge in [0.2, 0.25) is 11.8 Å². The summed E-state index contributed by atoms with van der Waals surface area (Å²) in [6.45, 7) is 3.17. The fraction of sp³-hybridized carbons (Fsp3) is 0.458. The van der Waals surface area contributed by atoms with Gasteiger partial charge in [0.1, 0.15) is 5.82 Å². The van der Waals surface area contributed by atoms with Crippen LogP contribution in [0.15, 0.2) is 42.6 Å². The Kier molecular flexibility index (Phi) is 5.50. The van der Waals surface area contributed by atoms with Crippen molar-refractivity contribution in [1.29, 1.82) is 0 Å². The van der Waals surface area contributed by atoms with Crippen LogP contribution in [-0.4, -0.2) is 48.9 Å². The molecule has 30 heavy (non-hydrogen) atoms. The second kappa shape index (κ2) is 8.09. The van der Waals surface area contributed by atoms with E-state index in [2.05, 4.69) is 39.5 Å². The van der Waals surface area contributed by atoms with Crippen molar-refractivity contribution in [2.75, 3.05) is 37.4 Å². The number of benzene rings is 1. The summed E-state index contributed by atoms with van der Waals surface area (Å²) in [4.78, 5) is 34.4. The molecular weight excluding hydrogens is 376 g/mol. The van der Waals surface area contributed by atoms with Crippen LogP contribution in [0, 0.1) is 12.8 Å². The first-order valence-corrected chi connectivity index (χ1v) is 10.7. The Bertz CT molecular complexity index is 917. The number of pyridine rings is 1. The molecule has 4 rings (SSSR count). The maximum Gasteiger partial charge on any atom is 0.233 e. The summed E-state index contributed by atoms with van der Waals surface area (Å²) in [7, 11) is 4.02. The molecule has 0 spiro atoms. The molecule has 1 aromatic heterocycles. The largest absolute Gasteiger partial charge is 0.378 e. The summed E-state index contributed by atoms with van der Waals surface area (Å²) in [6, 6.07) is 12.1. The molecule has 1 unspecified atom stereocenters. The van der Waals surface area contributed by atoms with Crippen LogP contribution in [-0.2, 0) is 15.0 Å². The fourth-order valence-electron chi connectivity index (χ4n) is 4.28. The van der Waals surface area contributed by atoms with Gasteiger partial charge in [0, 0.05) is 39.1 Å². The van der Waals surface area contributed by atoms with Gasteiger partial charge in [0.25, 0.3) is 0 Å². The molecular formula is C24H30N4O2. The van der Waals surface area contributed by atoms with E-state index in [0.717, 1.165) is 49.0 Å². The van der Waals surface area contributed by atoms with E-state index in [1.165, 1.54) is 0 Å². The van der Waals surface area contributed by atoms with Crippen LogP contribution >= 0.6 is 0 Å². The average molecular weight is 407 g/mol. The monoisotopic (exact) mass is 406 g/mol. The lowest BCUT2D eigenvalue weighted by atomic mass is 9.91. The number of aryl methyl sites for hydroxylation is 1. The lowest BCUT2D eigenvalue weighted by molar-refractivity contribution is -0.137. The summed E-state index contributed by atoms with van der Waals surface area (Å²) in [6.07, 6.45) is 5.15. The molecule has 6 heteroatoms. The molecule has 1 N–H and O–H groups in total. The Balaban J connectivity index is 1.43. The normalized spacial score (nSPS) is 19.8. The lowest BCUT2D eigenvalue weighted by Gasteiger charge is -2.34. The maximum atomic E-state index is 13.4. The number of nitrogens with zero attached hydrogens (tertiary/aromatic N) is 3. The highest BCUT2D eigenvalue weighted by Crippen LogP contribution is 2.50. The zero-order valence-corrected chi connectivity index (χ0v) is 18.0. The van der Waals surface area contributed by atoms with E-state index in [1.54, 1.807) is 6.20 Å². The van der Waals surface area contributed by atoms with Crippen molar-refractivity contribution >= 4 is 23.3 Å². The van der Waals surface area contributed by atoms with E-state index in [9.17, 15) is 9.59 Å². The van der Waals surface area contributed by atoms with Crippen molar-refractivity contribution in [2.45, 2.75) is 38.0 Å². The zero-order valence-electron chi connectivity index (χ0n) is 18.0. The predicted octanol–water partition coefficient (Wildman–Crippen LogP) is 3.36. The SMILES string of the molecule is Cc1ccc(NC(=O)C2CCCN(C(=O)C3(c4ccc(N(C)C)cc4)CC3)C2)nc1. The topological polar surface area (TPSA) is 65.5 Å². The van der Waals surface area contributed by atoms with Crippen LogP contribution in [0.1, 0.15) is 36.8 Å². The molecule has 1 aromatic carbocycles. The van der Waals surface area contributed by atoms with E-state index >= 15 is 0 Å². The quantitative estimate of drug-likeness (QED) is 0.827. The van der Waals surface area contributed by atoms with Crippen LogP contribution in [0.5, 0.6) is 0 Å². The van der Waals surface area contributed by atoms with Gasteiger partial charge in [0.15, 0.2) is 0 Å².